The third-order valence-corrected chi connectivity index (χ3v) is 1.76. The molecule has 1 aliphatic rings. The molecule has 1 rings (SSSR count). The van der Waals surface area contributed by atoms with Gasteiger partial charge in [0.2, 0.25) is 0 Å². The Morgan fingerprint density at radius 2 is 2.42 bits per heavy atom. The van der Waals surface area contributed by atoms with E-state index in [1.165, 1.54) is 12.8 Å². The molecule has 0 fully saturated rings. The molecule has 1 aliphatic carbocycles. The van der Waals surface area contributed by atoms with Gasteiger partial charge in [-0.25, -0.2) is 0 Å². The van der Waals surface area contributed by atoms with Crippen LogP contribution in [0.5, 0.6) is 0 Å². The molecular weight excluding hydrogens is 165 g/mol. The fourth-order valence-electron chi connectivity index (χ4n) is 1.19. The second kappa shape index (κ2) is 6.52. The van der Waals surface area contributed by atoms with Crippen molar-refractivity contribution in [1.82, 2.24) is 5.32 Å². The summed E-state index contributed by atoms with van der Waals surface area (Å²) in [5.74, 6) is -0.795. The van der Waals surface area contributed by atoms with Crippen molar-refractivity contribution in [3.8, 4) is 0 Å². The molecule has 64 valence electrons. The summed E-state index contributed by atoms with van der Waals surface area (Å²) >= 11 is 0. The van der Waals surface area contributed by atoms with E-state index >= 15 is 0 Å². The SMILES string of the molecule is O=C(O)CNC1=CCCCC1.[H-].[Na+]. The third-order valence-electron chi connectivity index (χ3n) is 1.76. The van der Waals surface area contributed by atoms with Gasteiger partial charge in [-0.1, -0.05) is 6.08 Å². The number of carbonyl (C=O) groups is 1. The van der Waals surface area contributed by atoms with E-state index in [2.05, 4.69) is 11.4 Å². The van der Waals surface area contributed by atoms with Crippen molar-refractivity contribution < 1.29 is 40.9 Å². The van der Waals surface area contributed by atoms with Gasteiger partial charge in [-0.05, 0) is 25.7 Å². The van der Waals surface area contributed by atoms with Crippen molar-refractivity contribution in [1.29, 1.82) is 0 Å². The van der Waals surface area contributed by atoms with Gasteiger partial charge < -0.3 is 11.8 Å². The van der Waals surface area contributed by atoms with E-state index in [0.29, 0.717) is 0 Å². The van der Waals surface area contributed by atoms with Gasteiger partial charge in [-0.15, -0.1) is 0 Å². The molecule has 0 heterocycles. The Labute approximate surface area is 96.0 Å². The first-order valence-electron chi connectivity index (χ1n) is 3.94. The van der Waals surface area contributed by atoms with Crippen molar-refractivity contribution in [3.63, 3.8) is 0 Å². The molecule has 0 aromatic heterocycles. The molecule has 4 heteroatoms. The largest absolute Gasteiger partial charge is 1.00 e. The molecule has 0 spiro atoms. The monoisotopic (exact) mass is 179 g/mol. The van der Waals surface area contributed by atoms with E-state index in [1.807, 2.05) is 0 Å². The number of hydrogen-bond donors (Lipinski definition) is 2. The standard InChI is InChI=1S/C8H13NO2.Na.H/c10-8(11)6-9-7-4-2-1-3-5-7;;/h4,9H,1-3,5-6H2,(H,10,11);;/q;+1;-1. The Hall–Kier alpha value is 0.0100. The maximum absolute atomic E-state index is 10.2. The van der Waals surface area contributed by atoms with Crippen LogP contribution in [0.15, 0.2) is 11.8 Å². The zero-order valence-corrected chi connectivity index (χ0v) is 9.47. The third kappa shape index (κ3) is 4.80. The van der Waals surface area contributed by atoms with Crippen molar-refractivity contribution in [2.75, 3.05) is 6.54 Å². The molecule has 0 amide bonds. The Bertz CT molecular complexity index is 185. The smallest absolute Gasteiger partial charge is 1.00 e. The molecular formula is C8H14NNaO2. The van der Waals surface area contributed by atoms with Gasteiger partial charge >= 0.3 is 35.5 Å². The predicted molar refractivity (Wildman–Crippen MR) is 43.3 cm³/mol. The van der Waals surface area contributed by atoms with Crippen molar-refractivity contribution in [2.24, 2.45) is 0 Å². The fourth-order valence-corrected chi connectivity index (χ4v) is 1.19. The molecule has 0 saturated carbocycles. The molecule has 0 atom stereocenters. The minimum atomic E-state index is -0.795. The summed E-state index contributed by atoms with van der Waals surface area (Å²) in [7, 11) is 0. The van der Waals surface area contributed by atoms with Crippen LogP contribution >= 0.6 is 0 Å². The zero-order valence-electron chi connectivity index (χ0n) is 8.47. The first-order chi connectivity index (χ1) is 5.29. The second-order valence-electron chi connectivity index (χ2n) is 2.72. The summed E-state index contributed by atoms with van der Waals surface area (Å²) in [4.78, 5) is 10.2. The van der Waals surface area contributed by atoms with E-state index < -0.39 is 5.97 Å². The van der Waals surface area contributed by atoms with Crippen molar-refractivity contribution in [3.05, 3.63) is 11.8 Å². The Balaban J connectivity index is 0. The first-order valence-corrected chi connectivity index (χ1v) is 3.94. The number of hydrogen-bond acceptors (Lipinski definition) is 2. The van der Waals surface area contributed by atoms with Crippen LogP contribution in [0.25, 0.3) is 0 Å². The van der Waals surface area contributed by atoms with Gasteiger partial charge in [-0.2, -0.15) is 0 Å². The van der Waals surface area contributed by atoms with E-state index in [9.17, 15) is 4.79 Å². The number of rotatable bonds is 3. The van der Waals surface area contributed by atoms with Gasteiger partial charge in [0.15, 0.2) is 0 Å². The molecule has 0 aromatic rings. The number of carboxylic acids is 1. The van der Waals surface area contributed by atoms with Gasteiger partial charge in [0.05, 0.1) is 0 Å². The number of allylic oxidation sites excluding steroid dienone is 2. The van der Waals surface area contributed by atoms with Crippen LogP contribution in [0.1, 0.15) is 27.1 Å². The van der Waals surface area contributed by atoms with E-state index in [1.54, 1.807) is 0 Å². The Kier molecular flexibility index (Phi) is 6.52. The predicted octanol–water partition coefficient (Wildman–Crippen LogP) is -1.76. The van der Waals surface area contributed by atoms with E-state index in [0.717, 1.165) is 18.5 Å². The summed E-state index contributed by atoms with van der Waals surface area (Å²) in [5, 5.41) is 11.2. The topological polar surface area (TPSA) is 49.3 Å². The van der Waals surface area contributed by atoms with Gasteiger partial charge in [0.25, 0.3) is 0 Å². The number of aliphatic carboxylic acids is 1. The molecule has 0 saturated heterocycles. The molecule has 12 heavy (non-hydrogen) atoms. The minimum absolute atomic E-state index is 0. The quantitative estimate of drug-likeness (QED) is 0.504. The summed E-state index contributed by atoms with van der Waals surface area (Å²) in [6.45, 7) is 0.0475. The number of nitrogens with one attached hydrogen (secondary N) is 1. The van der Waals surface area contributed by atoms with Crippen LogP contribution in [0.3, 0.4) is 0 Å². The molecule has 3 nitrogen and oxygen atoms in total. The molecule has 2 N–H and O–H groups in total. The van der Waals surface area contributed by atoms with Crippen LogP contribution < -0.4 is 34.9 Å². The van der Waals surface area contributed by atoms with Gasteiger partial charge in [0, 0.05) is 5.70 Å². The summed E-state index contributed by atoms with van der Waals surface area (Å²) in [5.41, 5.74) is 1.10. The normalized spacial score (nSPS) is 15.8. The van der Waals surface area contributed by atoms with Crippen LogP contribution in [0.4, 0.5) is 0 Å². The fraction of sp³-hybridized carbons (Fsp3) is 0.625. The van der Waals surface area contributed by atoms with Crippen LogP contribution in [-0.2, 0) is 4.79 Å². The van der Waals surface area contributed by atoms with Crippen LogP contribution in [0, 0.1) is 0 Å². The van der Waals surface area contributed by atoms with Crippen molar-refractivity contribution in [2.45, 2.75) is 25.7 Å². The van der Waals surface area contributed by atoms with Gasteiger partial charge in [-0.3, -0.25) is 4.79 Å². The van der Waals surface area contributed by atoms with Crippen molar-refractivity contribution >= 4 is 5.97 Å². The Morgan fingerprint density at radius 1 is 1.67 bits per heavy atom. The maximum atomic E-state index is 10.2. The Morgan fingerprint density at radius 3 is 2.92 bits per heavy atom. The zero-order chi connectivity index (χ0) is 8.10. The second-order valence-corrected chi connectivity index (χ2v) is 2.72. The van der Waals surface area contributed by atoms with E-state index in [-0.39, 0.29) is 37.5 Å². The molecule has 0 bridgehead atoms. The summed E-state index contributed by atoms with van der Waals surface area (Å²) in [6, 6.07) is 0. The molecule has 0 aliphatic heterocycles. The average Bonchev–Trinajstić information content (AvgIpc) is 2.03. The first kappa shape index (κ1) is 12.0. The molecule has 0 aromatic carbocycles. The van der Waals surface area contributed by atoms with E-state index in [4.69, 9.17) is 5.11 Å². The molecule has 0 unspecified atom stereocenters. The maximum Gasteiger partial charge on any atom is 1.00 e. The molecule has 0 radical (unpaired) electrons. The summed E-state index contributed by atoms with van der Waals surface area (Å²) in [6.07, 6.45) is 6.60. The van der Waals surface area contributed by atoms with Gasteiger partial charge in [0.1, 0.15) is 6.54 Å². The number of carboxylic acid groups (broad SMARTS) is 1. The average molecular weight is 179 g/mol. The van der Waals surface area contributed by atoms with Crippen LogP contribution in [-0.4, -0.2) is 17.6 Å². The minimum Gasteiger partial charge on any atom is -1.00 e. The summed E-state index contributed by atoms with van der Waals surface area (Å²) < 4.78 is 0. The van der Waals surface area contributed by atoms with Crippen LogP contribution in [0.2, 0.25) is 0 Å².